The van der Waals surface area contributed by atoms with Gasteiger partial charge in [0.2, 0.25) is 9.84 Å². The van der Waals surface area contributed by atoms with Crippen molar-refractivity contribution in [3.05, 3.63) is 102 Å². The van der Waals surface area contributed by atoms with Gasteiger partial charge in [0.15, 0.2) is 0 Å². The van der Waals surface area contributed by atoms with Crippen LogP contribution in [0.25, 0.3) is 0 Å². The lowest BCUT2D eigenvalue weighted by Gasteiger charge is -2.35. The van der Waals surface area contributed by atoms with Gasteiger partial charge in [-0.05, 0) is 105 Å². The fraction of sp³-hybridized carbons (Fsp3) is 0.410. The molecule has 1 aliphatic carbocycles. The van der Waals surface area contributed by atoms with Crippen LogP contribution in [0.15, 0.2) is 121 Å². The molecule has 0 N–H and O–H groups in total. The number of hydrogen-bond acceptors (Lipinski definition) is 5. The fourth-order valence-corrected chi connectivity index (χ4v) is 8.16. The Labute approximate surface area is 282 Å². The Balaban J connectivity index is 0.000000393. The van der Waals surface area contributed by atoms with Crippen LogP contribution in [-0.2, 0) is 14.6 Å². The first-order valence-corrected chi connectivity index (χ1v) is 19.0. The van der Waals surface area contributed by atoms with E-state index in [4.69, 9.17) is 4.79 Å². The maximum Gasteiger partial charge on any atom is 0.206 e. The molecule has 1 atom stereocenters. The van der Waals surface area contributed by atoms with E-state index in [1.165, 1.54) is 30.4 Å². The molecular weight excluding hydrogens is 613 g/mol. The maximum atomic E-state index is 13.0. The molecule has 0 aromatic heterocycles. The molecule has 0 saturated heterocycles. The van der Waals surface area contributed by atoms with Crippen LogP contribution in [-0.4, -0.2) is 20.0 Å². The molecule has 0 heterocycles. The van der Waals surface area contributed by atoms with Gasteiger partial charge in [0, 0.05) is 19.4 Å². The van der Waals surface area contributed by atoms with E-state index in [0.717, 1.165) is 33.4 Å². The average molecular weight is 665 g/mol. The van der Waals surface area contributed by atoms with Gasteiger partial charge in [-0.1, -0.05) is 108 Å². The molecule has 1 unspecified atom stereocenters. The molecular formula is C39H52O3S3. The summed E-state index contributed by atoms with van der Waals surface area (Å²) < 4.78 is 26.2. The van der Waals surface area contributed by atoms with E-state index in [1.54, 1.807) is 36.0 Å². The summed E-state index contributed by atoms with van der Waals surface area (Å²) in [7, 11) is -3.52. The van der Waals surface area contributed by atoms with Crippen LogP contribution in [0, 0.1) is 18.3 Å². The number of benzene rings is 3. The lowest BCUT2D eigenvalue weighted by Crippen LogP contribution is -2.25. The van der Waals surface area contributed by atoms with Gasteiger partial charge in [0.05, 0.1) is 9.79 Å². The normalized spacial score (nSPS) is 14.8. The third kappa shape index (κ3) is 11.0. The van der Waals surface area contributed by atoms with Crippen LogP contribution in [0.5, 0.6) is 0 Å². The fourth-order valence-electron chi connectivity index (χ4n) is 4.95. The molecule has 0 amide bonds. The van der Waals surface area contributed by atoms with Gasteiger partial charge in [-0.25, -0.2) is 8.42 Å². The first-order valence-electron chi connectivity index (χ1n) is 15.9. The van der Waals surface area contributed by atoms with Crippen molar-refractivity contribution in [2.45, 2.75) is 117 Å². The van der Waals surface area contributed by atoms with Crippen LogP contribution >= 0.6 is 23.5 Å². The molecule has 3 nitrogen and oxygen atoms in total. The summed E-state index contributed by atoms with van der Waals surface area (Å²) in [6.45, 7) is 19.9. The van der Waals surface area contributed by atoms with Gasteiger partial charge in [-0.2, -0.15) is 0 Å². The molecule has 0 spiro atoms. The summed E-state index contributed by atoms with van der Waals surface area (Å²) in [4.78, 5) is 11.9. The van der Waals surface area contributed by atoms with Gasteiger partial charge in [-0.3, -0.25) is 0 Å². The number of carbonyl (C=O) groups is 1. The summed E-state index contributed by atoms with van der Waals surface area (Å²) in [6.07, 6.45) is 13.0. The molecule has 1 aliphatic rings. The molecule has 244 valence electrons. The second kappa shape index (κ2) is 18.0. The minimum Gasteiger partial charge on any atom is -0.307 e. The van der Waals surface area contributed by atoms with Gasteiger partial charge < -0.3 is 4.79 Å². The summed E-state index contributed by atoms with van der Waals surface area (Å²) in [5.41, 5.74) is 3.15. The molecule has 0 saturated carbocycles. The van der Waals surface area contributed by atoms with Crippen molar-refractivity contribution in [3.8, 4) is 0 Å². The standard InChI is InChI=1S/C25H28O2S3.C13H22.CH2O/c1-5-25(4,6-2)29-22-13-17-24(18-14-22)30(26,27)23-15-11-21(12-16-23)28-20-9-7-19(3)8-10-20;1-5-13(4,6-2)12-9-7-11(3)8-10-12;1-2/h7-18H,5-6H2,1-4H3;7-9,12H,5-6,10H2,1-4H3;1H2. The third-order valence-corrected chi connectivity index (χ3v) is 13.6. The van der Waals surface area contributed by atoms with Gasteiger partial charge in [0.25, 0.3) is 0 Å². The highest BCUT2D eigenvalue weighted by molar-refractivity contribution is 8.00. The quantitative estimate of drug-likeness (QED) is 0.191. The number of rotatable bonds is 11. The van der Waals surface area contributed by atoms with Crippen LogP contribution in [0.3, 0.4) is 0 Å². The average Bonchev–Trinajstić information content (AvgIpc) is 3.07. The molecule has 0 fully saturated rings. The summed E-state index contributed by atoms with van der Waals surface area (Å²) in [6, 6.07) is 22.7. The van der Waals surface area contributed by atoms with Crippen molar-refractivity contribution >= 4 is 40.2 Å². The molecule has 6 heteroatoms. The predicted molar refractivity (Wildman–Crippen MR) is 195 cm³/mol. The lowest BCUT2D eigenvalue weighted by molar-refractivity contribution is -0.0980. The topological polar surface area (TPSA) is 51.2 Å². The second-order valence-electron chi connectivity index (χ2n) is 12.1. The summed E-state index contributed by atoms with van der Waals surface area (Å²) in [5.74, 6) is 0.756. The van der Waals surface area contributed by atoms with Crippen LogP contribution in [0.1, 0.15) is 86.1 Å². The SMILES string of the molecule is C=O.CCC(C)(CC)C1C=CC(C)=CC1.CCC(C)(CC)Sc1ccc(S(=O)(=O)c2ccc(Sc3ccc(C)cc3)cc2)cc1. The Morgan fingerprint density at radius 1 is 0.711 bits per heavy atom. The Bertz CT molecular complexity index is 1480. The highest BCUT2D eigenvalue weighted by atomic mass is 32.2. The largest absolute Gasteiger partial charge is 0.307 e. The lowest BCUT2D eigenvalue weighted by atomic mass is 9.70. The number of thioether (sulfide) groups is 1. The van der Waals surface area contributed by atoms with Crippen LogP contribution in [0.4, 0.5) is 0 Å². The van der Waals surface area contributed by atoms with Gasteiger partial charge >= 0.3 is 0 Å². The van der Waals surface area contributed by atoms with E-state index in [0.29, 0.717) is 15.2 Å². The zero-order valence-corrected chi connectivity index (χ0v) is 30.9. The highest BCUT2D eigenvalue weighted by Crippen LogP contribution is 2.40. The molecule has 0 radical (unpaired) electrons. The van der Waals surface area contributed by atoms with Crippen LogP contribution in [0.2, 0.25) is 0 Å². The monoisotopic (exact) mass is 664 g/mol. The number of carbonyl (C=O) groups excluding carboxylic acids is 1. The Hall–Kier alpha value is -2.54. The predicted octanol–water partition coefficient (Wildman–Crippen LogP) is 11.8. The van der Waals surface area contributed by atoms with E-state index in [9.17, 15) is 8.42 Å². The van der Waals surface area contributed by atoms with E-state index in [2.05, 4.69) is 97.9 Å². The van der Waals surface area contributed by atoms with E-state index in [-0.39, 0.29) is 4.75 Å². The van der Waals surface area contributed by atoms with Gasteiger partial charge in [-0.15, -0.1) is 11.8 Å². The highest BCUT2D eigenvalue weighted by Gasteiger charge is 2.29. The zero-order chi connectivity index (χ0) is 33.7. The molecule has 0 bridgehead atoms. The smallest absolute Gasteiger partial charge is 0.206 e. The maximum absolute atomic E-state index is 13.0. The second-order valence-corrected chi connectivity index (χ2v) is 16.9. The first-order chi connectivity index (χ1) is 21.4. The van der Waals surface area contributed by atoms with Crippen molar-refractivity contribution < 1.29 is 13.2 Å². The number of sulfone groups is 1. The Kier molecular flexibility index (Phi) is 15.4. The van der Waals surface area contributed by atoms with Crippen molar-refractivity contribution in [1.82, 2.24) is 0 Å². The molecule has 3 aromatic rings. The minimum atomic E-state index is -3.52. The number of aryl methyl sites for hydroxylation is 1. The van der Waals surface area contributed by atoms with E-state index >= 15 is 0 Å². The summed E-state index contributed by atoms with van der Waals surface area (Å²) >= 11 is 3.44. The van der Waals surface area contributed by atoms with E-state index < -0.39 is 9.84 Å². The van der Waals surface area contributed by atoms with Crippen LogP contribution < -0.4 is 0 Å². The van der Waals surface area contributed by atoms with Crippen molar-refractivity contribution in [2.24, 2.45) is 11.3 Å². The first kappa shape index (κ1) is 38.6. The third-order valence-electron chi connectivity index (χ3n) is 9.18. The zero-order valence-electron chi connectivity index (χ0n) is 28.4. The molecule has 0 aliphatic heterocycles. The van der Waals surface area contributed by atoms with Crippen molar-refractivity contribution in [1.29, 1.82) is 0 Å². The Morgan fingerprint density at radius 2 is 1.16 bits per heavy atom. The molecule has 45 heavy (non-hydrogen) atoms. The summed E-state index contributed by atoms with van der Waals surface area (Å²) in [5, 5.41) is 0. The Morgan fingerprint density at radius 3 is 1.56 bits per heavy atom. The molecule has 3 aromatic carbocycles. The number of hydrogen-bond donors (Lipinski definition) is 0. The van der Waals surface area contributed by atoms with Crippen molar-refractivity contribution in [2.75, 3.05) is 0 Å². The van der Waals surface area contributed by atoms with Gasteiger partial charge in [0.1, 0.15) is 6.79 Å². The molecule has 4 rings (SSSR count). The van der Waals surface area contributed by atoms with Crippen molar-refractivity contribution in [3.63, 3.8) is 0 Å². The number of allylic oxidation sites excluding steroid dienone is 4. The minimum absolute atomic E-state index is 0.172. The van der Waals surface area contributed by atoms with E-state index in [1.807, 2.05) is 42.8 Å².